The highest BCUT2D eigenvalue weighted by atomic mass is 14.8. The lowest BCUT2D eigenvalue weighted by molar-refractivity contribution is 0.918. The van der Waals surface area contributed by atoms with Crippen LogP contribution in [-0.4, -0.2) is 6.54 Å². The van der Waals surface area contributed by atoms with Gasteiger partial charge >= 0.3 is 0 Å². The summed E-state index contributed by atoms with van der Waals surface area (Å²) in [6.45, 7) is 5.21. The first-order valence-electron chi connectivity index (χ1n) is 4.78. The maximum atomic E-state index is 3.17. The first-order chi connectivity index (χ1) is 6.34. The fourth-order valence-electron chi connectivity index (χ4n) is 1.21. The summed E-state index contributed by atoms with van der Waals surface area (Å²) < 4.78 is 0. The minimum Gasteiger partial charge on any atom is -0.391 e. The van der Waals surface area contributed by atoms with Gasteiger partial charge in [-0.25, -0.2) is 0 Å². The van der Waals surface area contributed by atoms with Gasteiger partial charge in [-0.15, -0.1) is 0 Å². The molecule has 1 N–H and O–H groups in total. The molecule has 1 aliphatic carbocycles. The summed E-state index contributed by atoms with van der Waals surface area (Å²) in [7, 11) is 0. The van der Waals surface area contributed by atoms with Crippen LogP contribution in [0.15, 0.2) is 47.7 Å². The molecule has 0 bridgehead atoms. The maximum Gasteiger partial charge on any atom is 0.0113 e. The van der Waals surface area contributed by atoms with Crippen molar-refractivity contribution in [1.29, 1.82) is 0 Å². The van der Waals surface area contributed by atoms with E-state index in [1.807, 2.05) is 6.20 Å². The van der Waals surface area contributed by atoms with Crippen molar-refractivity contribution >= 4 is 0 Å². The third-order valence-corrected chi connectivity index (χ3v) is 2.00. The molecule has 0 amide bonds. The summed E-state index contributed by atoms with van der Waals surface area (Å²) in [5, 5.41) is 3.17. The number of hydrogen-bond acceptors (Lipinski definition) is 1. The second kappa shape index (κ2) is 5.41. The zero-order chi connectivity index (χ0) is 9.52. The van der Waals surface area contributed by atoms with Crippen molar-refractivity contribution in [2.45, 2.75) is 20.3 Å². The Balaban J connectivity index is 2.63. The quantitative estimate of drug-likeness (QED) is 0.695. The molecule has 1 aliphatic rings. The summed E-state index contributed by atoms with van der Waals surface area (Å²) in [4.78, 5) is 0. The molecule has 0 aromatic heterocycles. The second-order valence-corrected chi connectivity index (χ2v) is 3.06. The van der Waals surface area contributed by atoms with Gasteiger partial charge < -0.3 is 5.32 Å². The van der Waals surface area contributed by atoms with Crippen molar-refractivity contribution in [3.63, 3.8) is 0 Å². The Kier molecular flexibility index (Phi) is 4.10. The summed E-state index contributed by atoms with van der Waals surface area (Å²) >= 11 is 0. The van der Waals surface area contributed by atoms with Crippen molar-refractivity contribution in [3.8, 4) is 0 Å². The number of nitrogens with one attached hydrogen (secondary N) is 1. The van der Waals surface area contributed by atoms with Gasteiger partial charge in [-0.05, 0) is 43.7 Å². The molecule has 0 saturated carbocycles. The fraction of sp³-hybridized carbons (Fsp3) is 0.333. The average molecular weight is 175 g/mol. The number of hydrogen-bond donors (Lipinski definition) is 1. The monoisotopic (exact) mass is 175 g/mol. The molecule has 0 heterocycles. The zero-order valence-corrected chi connectivity index (χ0v) is 8.38. The first kappa shape index (κ1) is 9.85. The smallest absolute Gasteiger partial charge is 0.0113 e. The molecule has 0 radical (unpaired) electrons. The highest BCUT2D eigenvalue weighted by Gasteiger charge is 1.95. The lowest BCUT2D eigenvalue weighted by Crippen LogP contribution is -2.01. The molecule has 0 atom stereocenters. The maximum absolute atomic E-state index is 3.17. The molecule has 0 spiro atoms. The van der Waals surface area contributed by atoms with Crippen LogP contribution in [0.25, 0.3) is 0 Å². The van der Waals surface area contributed by atoms with Gasteiger partial charge in [-0.1, -0.05) is 24.3 Å². The predicted octanol–water partition coefficient (Wildman–Crippen LogP) is 2.94. The molecule has 13 heavy (non-hydrogen) atoms. The largest absolute Gasteiger partial charge is 0.391 e. The third-order valence-electron chi connectivity index (χ3n) is 2.00. The van der Waals surface area contributed by atoms with E-state index in [0.29, 0.717) is 0 Å². The van der Waals surface area contributed by atoms with Gasteiger partial charge in [-0.3, -0.25) is 0 Å². The zero-order valence-electron chi connectivity index (χ0n) is 8.38. The first-order valence-corrected chi connectivity index (χ1v) is 4.78. The lowest BCUT2D eigenvalue weighted by atomic mass is 10.1. The standard InChI is InChI=1S/C12H17N/c1-3-13-10-9-12-8-6-4-5-7-11(12)2/h4-5,7-10,13H,3,6H2,1-2H3/b10-9-. The molecular weight excluding hydrogens is 158 g/mol. The van der Waals surface area contributed by atoms with E-state index < -0.39 is 0 Å². The van der Waals surface area contributed by atoms with E-state index in [4.69, 9.17) is 0 Å². The average Bonchev–Trinajstić information content (AvgIpc) is 2.32. The normalized spacial score (nSPS) is 16.8. The van der Waals surface area contributed by atoms with Gasteiger partial charge in [0.25, 0.3) is 0 Å². The van der Waals surface area contributed by atoms with Crippen LogP contribution < -0.4 is 5.32 Å². The molecule has 0 fully saturated rings. The van der Waals surface area contributed by atoms with Crippen molar-refractivity contribution < 1.29 is 0 Å². The van der Waals surface area contributed by atoms with Crippen molar-refractivity contribution in [2.75, 3.05) is 6.54 Å². The summed E-state index contributed by atoms with van der Waals surface area (Å²) in [6.07, 6.45) is 13.8. The minimum absolute atomic E-state index is 0.977. The Labute approximate surface area is 80.5 Å². The summed E-state index contributed by atoms with van der Waals surface area (Å²) in [5.74, 6) is 0. The second-order valence-electron chi connectivity index (χ2n) is 3.06. The van der Waals surface area contributed by atoms with Crippen molar-refractivity contribution in [2.24, 2.45) is 0 Å². The Morgan fingerprint density at radius 1 is 1.54 bits per heavy atom. The van der Waals surface area contributed by atoms with Crippen LogP contribution in [0.2, 0.25) is 0 Å². The Hall–Kier alpha value is -1.24. The van der Waals surface area contributed by atoms with Crippen LogP contribution in [0, 0.1) is 0 Å². The fourth-order valence-corrected chi connectivity index (χ4v) is 1.21. The molecule has 1 nitrogen and oxygen atoms in total. The highest BCUT2D eigenvalue weighted by Crippen LogP contribution is 2.14. The molecule has 0 unspecified atom stereocenters. The third kappa shape index (κ3) is 3.32. The van der Waals surface area contributed by atoms with E-state index in [2.05, 4.69) is 49.5 Å². The van der Waals surface area contributed by atoms with Crippen molar-refractivity contribution in [1.82, 2.24) is 5.32 Å². The molecular formula is C12H17N. The van der Waals surface area contributed by atoms with Crippen LogP contribution in [0.3, 0.4) is 0 Å². The summed E-state index contributed by atoms with van der Waals surface area (Å²) in [5.41, 5.74) is 2.63. The molecule has 1 rings (SSSR count). The topological polar surface area (TPSA) is 12.0 Å². The van der Waals surface area contributed by atoms with Crippen LogP contribution in [0.5, 0.6) is 0 Å². The SMILES string of the molecule is CCN/C=C\C1=CCC=CC=C1C. The molecule has 1 heteroatoms. The van der Waals surface area contributed by atoms with Gasteiger partial charge in [0.2, 0.25) is 0 Å². The van der Waals surface area contributed by atoms with Crippen LogP contribution in [0.4, 0.5) is 0 Å². The molecule has 0 saturated heterocycles. The van der Waals surface area contributed by atoms with E-state index in [1.165, 1.54) is 11.1 Å². The molecule has 0 aromatic rings. The van der Waals surface area contributed by atoms with Gasteiger partial charge in [0.1, 0.15) is 0 Å². The summed E-state index contributed by atoms with van der Waals surface area (Å²) in [6, 6.07) is 0. The van der Waals surface area contributed by atoms with Gasteiger partial charge in [0, 0.05) is 6.54 Å². The van der Waals surface area contributed by atoms with Crippen LogP contribution in [-0.2, 0) is 0 Å². The lowest BCUT2D eigenvalue weighted by Gasteiger charge is -2.00. The molecule has 0 aliphatic heterocycles. The Bertz CT molecular complexity index is 267. The number of rotatable bonds is 3. The van der Waals surface area contributed by atoms with E-state index >= 15 is 0 Å². The minimum atomic E-state index is 0.977. The van der Waals surface area contributed by atoms with Crippen molar-refractivity contribution in [3.05, 3.63) is 47.7 Å². The Morgan fingerprint density at radius 3 is 3.15 bits per heavy atom. The molecule has 0 aromatic carbocycles. The van der Waals surface area contributed by atoms with E-state index in [1.54, 1.807) is 0 Å². The van der Waals surface area contributed by atoms with E-state index in [9.17, 15) is 0 Å². The van der Waals surface area contributed by atoms with Crippen LogP contribution in [0.1, 0.15) is 20.3 Å². The van der Waals surface area contributed by atoms with Gasteiger partial charge in [0.15, 0.2) is 0 Å². The van der Waals surface area contributed by atoms with E-state index in [-0.39, 0.29) is 0 Å². The predicted molar refractivity (Wildman–Crippen MR) is 58.4 cm³/mol. The van der Waals surface area contributed by atoms with Gasteiger partial charge in [0.05, 0.1) is 0 Å². The van der Waals surface area contributed by atoms with Crippen LogP contribution >= 0.6 is 0 Å². The molecule has 70 valence electrons. The number of allylic oxidation sites excluding steroid dienone is 7. The Morgan fingerprint density at radius 2 is 2.38 bits per heavy atom. The van der Waals surface area contributed by atoms with E-state index in [0.717, 1.165) is 13.0 Å². The highest BCUT2D eigenvalue weighted by molar-refractivity contribution is 5.41. The van der Waals surface area contributed by atoms with Gasteiger partial charge in [-0.2, -0.15) is 0 Å².